The van der Waals surface area contributed by atoms with E-state index in [-0.39, 0.29) is 11.2 Å². The first-order chi connectivity index (χ1) is 8.92. The quantitative estimate of drug-likeness (QED) is 0.808. The van der Waals surface area contributed by atoms with Crippen LogP contribution in [0.2, 0.25) is 0 Å². The second-order valence-corrected chi connectivity index (χ2v) is 5.20. The van der Waals surface area contributed by atoms with Gasteiger partial charge in [0.15, 0.2) is 0 Å². The molecular formula is C13H15ClF3NO. The van der Waals surface area contributed by atoms with Crippen LogP contribution >= 0.6 is 11.6 Å². The average Bonchev–Trinajstić information content (AvgIpc) is 3.10. The minimum Gasteiger partial charge on any atom is -0.406 e. The second-order valence-electron chi connectivity index (χ2n) is 4.93. The molecule has 0 saturated heterocycles. The number of nitrogens with one attached hydrogen (secondary N) is 1. The number of benzene rings is 1. The Morgan fingerprint density at radius 1 is 1.21 bits per heavy atom. The zero-order chi connectivity index (χ0) is 13.9. The highest BCUT2D eigenvalue weighted by Crippen LogP contribution is 2.45. The molecule has 0 spiro atoms. The van der Waals surface area contributed by atoms with Crippen molar-refractivity contribution in [1.82, 2.24) is 5.32 Å². The molecule has 1 aromatic rings. The van der Waals surface area contributed by atoms with Crippen molar-refractivity contribution in [2.45, 2.75) is 25.7 Å². The minimum atomic E-state index is -4.64. The predicted molar refractivity (Wildman–Crippen MR) is 67.2 cm³/mol. The van der Waals surface area contributed by atoms with E-state index in [1.165, 1.54) is 12.1 Å². The van der Waals surface area contributed by atoms with Gasteiger partial charge in [0.05, 0.1) is 0 Å². The molecule has 2 rings (SSSR count). The van der Waals surface area contributed by atoms with Crippen molar-refractivity contribution < 1.29 is 17.9 Å². The molecule has 2 nitrogen and oxygen atoms in total. The van der Waals surface area contributed by atoms with Crippen LogP contribution in [-0.2, 0) is 6.54 Å². The van der Waals surface area contributed by atoms with Crippen LogP contribution in [0.25, 0.3) is 0 Å². The summed E-state index contributed by atoms with van der Waals surface area (Å²) in [7, 11) is 0. The number of alkyl halides is 4. The Bertz CT molecular complexity index is 415. The topological polar surface area (TPSA) is 21.3 Å². The second kappa shape index (κ2) is 5.59. The fourth-order valence-corrected chi connectivity index (χ4v) is 2.18. The maximum atomic E-state index is 12.0. The molecule has 19 heavy (non-hydrogen) atoms. The summed E-state index contributed by atoms with van der Waals surface area (Å²) in [4.78, 5) is 0. The Morgan fingerprint density at radius 3 is 2.32 bits per heavy atom. The van der Waals surface area contributed by atoms with Gasteiger partial charge in [-0.2, -0.15) is 0 Å². The van der Waals surface area contributed by atoms with Gasteiger partial charge in [-0.25, -0.2) is 0 Å². The molecule has 0 unspecified atom stereocenters. The monoisotopic (exact) mass is 293 g/mol. The number of hydrogen-bond donors (Lipinski definition) is 1. The summed E-state index contributed by atoms with van der Waals surface area (Å²) < 4.78 is 39.7. The van der Waals surface area contributed by atoms with Crippen LogP contribution in [0, 0.1) is 5.41 Å². The normalized spacial score (nSPS) is 17.3. The molecule has 1 aliphatic rings. The van der Waals surface area contributed by atoms with Crippen molar-refractivity contribution in [1.29, 1.82) is 0 Å². The molecule has 1 aromatic carbocycles. The average molecular weight is 294 g/mol. The summed E-state index contributed by atoms with van der Waals surface area (Å²) >= 11 is 5.86. The lowest BCUT2D eigenvalue weighted by atomic mass is 10.1. The van der Waals surface area contributed by atoms with E-state index in [0.717, 1.165) is 24.9 Å². The smallest absolute Gasteiger partial charge is 0.406 e. The van der Waals surface area contributed by atoms with E-state index >= 15 is 0 Å². The molecule has 0 heterocycles. The summed E-state index contributed by atoms with van der Waals surface area (Å²) in [5, 5.41) is 3.28. The molecule has 1 fully saturated rings. The van der Waals surface area contributed by atoms with Gasteiger partial charge >= 0.3 is 6.36 Å². The molecule has 0 aliphatic heterocycles. The lowest BCUT2D eigenvalue weighted by Crippen LogP contribution is -2.24. The van der Waals surface area contributed by atoms with Crippen LogP contribution in [0.4, 0.5) is 13.2 Å². The molecule has 1 aliphatic carbocycles. The molecule has 0 amide bonds. The molecule has 0 radical (unpaired) electrons. The van der Waals surface area contributed by atoms with Crippen LogP contribution in [-0.4, -0.2) is 18.8 Å². The van der Waals surface area contributed by atoms with Gasteiger partial charge in [-0.15, -0.1) is 24.8 Å². The van der Waals surface area contributed by atoms with Crippen molar-refractivity contribution in [3.8, 4) is 5.75 Å². The highest BCUT2D eigenvalue weighted by atomic mass is 35.5. The Kier molecular flexibility index (Phi) is 4.26. The zero-order valence-corrected chi connectivity index (χ0v) is 11.0. The third-order valence-corrected chi connectivity index (χ3v) is 3.79. The van der Waals surface area contributed by atoms with E-state index in [2.05, 4.69) is 10.1 Å². The van der Waals surface area contributed by atoms with E-state index < -0.39 is 6.36 Å². The molecule has 1 N–H and O–H groups in total. The Balaban J connectivity index is 1.79. The van der Waals surface area contributed by atoms with E-state index in [1.807, 2.05) is 0 Å². The maximum Gasteiger partial charge on any atom is 0.573 e. The standard InChI is InChI=1S/C13H15ClF3NO/c14-8-12(5-6-12)9-18-7-10-1-3-11(4-2-10)19-13(15,16)17/h1-4,18H,5-9H2. The van der Waals surface area contributed by atoms with Crippen LogP contribution in [0.15, 0.2) is 24.3 Å². The summed E-state index contributed by atoms with van der Waals surface area (Å²) in [6, 6.07) is 5.88. The van der Waals surface area contributed by atoms with Crippen molar-refractivity contribution in [3.05, 3.63) is 29.8 Å². The fourth-order valence-electron chi connectivity index (χ4n) is 1.82. The number of ether oxygens (including phenoxy) is 1. The molecule has 0 aromatic heterocycles. The van der Waals surface area contributed by atoms with Crippen molar-refractivity contribution >= 4 is 11.6 Å². The molecule has 106 valence electrons. The van der Waals surface area contributed by atoms with Gasteiger partial charge in [-0.05, 0) is 36.0 Å². The van der Waals surface area contributed by atoms with Crippen molar-refractivity contribution in [2.75, 3.05) is 12.4 Å². The first-order valence-corrected chi connectivity index (χ1v) is 6.57. The first kappa shape index (κ1) is 14.5. The fraction of sp³-hybridized carbons (Fsp3) is 0.538. The predicted octanol–water partition coefficient (Wildman–Crippen LogP) is 3.69. The number of halogens is 4. The van der Waals surface area contributed by atoms with Crippen LogP contribution in [0.3, 0.4) is 0 Å². The molecule has 0 bridgehead atoms. The van der Waals surface area contributed by atoms with E-state index in [0.29, 0.717) is 12.4 Å². The Morgan fingerprint density at radius 2 is 1.84 bits per heavy atom. The molecule has 1 saturated carbocycles. The lowest BCUT2D eigenvalue weighted by molar-refractivity contribution is -0.274. The van der Waals surface area contributed by atoms with Crippen LogP contribution in [0.1, 0.15) is 18.4 Å². The van der Waals surface area contributed by atoms with Crippen LogP contribution in [0.5, 0.6) is 5.75 Å². The lowest BCUT2D eigenvalue weighted by Gasteiger charge is -2.13. The van der Waals surface area contributed by atoms with E-state index in [1.54, 1.807) is 12.1 Å². The van der Waals surface area contributed by atoms with Crippen molar-refractivity contribution in [3.63, 3.8) is 0 Å². The van der Waals surface area contributed by atoms with Crippen LogP contribution < -0.4 is 10.1 Å². The van der Waals surface area contributed by atoms with Gasteiger partial charge in [0, 0.05) is 19.0 Å². The summed E-state index contributed by atoms with van der Waals surface area (Å²) in [5.74, 6) is 0.453. The van der Waals surface area contributed by atoms with E-state index in [9.17, 15) is 13.2 Å². The first-order valence-electron chi connectivity index (χ1n) is 6.04. The largest absolute Gasteiger partial charge is 0.573 e. The Hall–Kier alpha value is -0.940. The van der Waals surface area contributed by atoms with Gasteiger partial charge in [-0.1, -0.05) is 12.1 Å². The molecule has 6 heteroatoms. The van der Waals surface area contributed by atoms with Gasteiger partial charge in [0.1, 0.15) is 5.75 Å². The highest BCUT2D eigenvalue weighted by molar-refractivity contribution is 6.18. The molecule has 0 atom stereocenters. The minimum absolute atomic E-state index is 0.198. The third-order valence-electron chi connectivity index (χ3n) is 3.23. The van der Waals surface area contributed by atoms with Crippen molar-refractivity contribution in [2.24, 2.45) is 5.41 Å². The zero-order valence-electron chi connectivity index (χ0n) is 10.3. The van der Waals surface area contributed by atoms with Gasteiger partial charge in [-0.3, -0.25) is 0 Å². The van der Waals surface area contributed by atoms with Gasteiger partial charge < -0.3 is 10.1 Å². The summed E-state index contributed by atoms with van der Waals surface area (Å²) in [5.41, 5.74) is 1.15. The van der Waals surface area contributed by atoms with Gasteiger partial charge in [0.25, 0.3) is 0 Å². The Labute approximate surface area is 114 Å². The van der Waals surface area contributed by atoms with E-state index in [4.69, 9.17) is 11.6 Å². The maximum absolute atomic E-state index is 12.0. The molecular weight excluding hydrogens is 279 g/mol. The number of hydrogen-bond acceptors (Lipinski definition) is 2. The van der Waals surface area contributed by atoms with Gasteiger partial charge in [0.2, 0.25) is 0 Å². The summed E-state index contributed by atoms with van der Waals surface area (Å²) in [6.45, 7) is 1.46. The highest BCUT2D eigenvalue weighted by Gasteiger charge is 2.41. The third kappa shape index (κ3) is 4.58. The number of rotatable bonds is 6. The SMILES string of the molecule is FC(F)(F)Oc1ccc(CNCC2(CCl)CC2)cc1. The summed E-state index contributed by atoms with van der Waals surface area (Å²) in [6.07, 6.45) is -2.36.